The van der Waals surface area contributed by atoms with Crippen molar-refractivity contribution in [1.82, 2.24) is 10.3 Å². The van der Waals surface area contributed by atoms with Crippen molar-refractivity contribution < 1.29 is 9.53 Å². The normalized spacial score (nSPS) is 9.48. The lowest BCUT2D eigenvalue weighted by Crippen LogP contribution is -2.28. The highest BCUT2D eigenvalue weighted by Crippen LogP contribution is 2.13. The Hall–Kier alpha value is -2.71. The summed E-state index contributed by atoms with van der Waals surface area (Å²) in [5, 5.41) is 5.92. The highest BCUT2D eigenvalue weighted by atomic mass is 35.5. The van der Waals surface area contributed by atoms with Crippen LogP contribution in [0.5, 0.6) is 5.75 Å². The number of hydrogen-bond donors (Lipinski definition) is 2. The molecule has 0 saturated heterocycles. The zero-order valence-electron chi connectivity index (χ0n) is 12.6. The quantitative estimate of drug-likeness (QED) is 0.846. The average molecular weight is 330 g/mol. The van der Waals surface area contributed by atoms with E-state index in [0.29, 0.717) is 16.5 Å². The second kappa shape index (κ2) is 8.66. The zero-order valence-corrected chi connectivity index (χ0v) is 13.4. The number of halogens is 1. The predicted octanol–water partition coefficient (Wildman–Crippen LogP) is 3.25. The molecule has 0 fully saturated rings. The van der Waals surface area contributed by atoms with E-state index in [9.17, 15) is 4.79 Å². The van der Waals surface area contributed by atoms with Crippen molar-refractivity contribution in [3.05, 3.63) is 53.3 Å². The number of ether oxygens (including phenoxy) is 1. The molecule has 6 heteroatoms. The molecule has 0 unspecified atom stereocenters. The molecule has 1 heterocycles. The van der Waals surface area contributed by atoms with Crippen molar-refractivity contribution >= 4 is 23.3 Å². The molecule has 2 rings (SSSR count). The van der Waals surface area contributed by atoms with E-state index in [1.807, 2.05) is 19.1 Å². The Bertz CT molecular complexity index is 703. The number of aryl methyl sites for hydroxylation is 1. The van der Waals surface area contributed by atoms with E-state index in [4.69, 9.17) is 16.3 Å². The minimum atomic E-state index is -0.328. The van der Waals surface area contributed by atoms with E-state index in [2.05, 4.69) is 27.5 Å². The molecular weight excluding hydrogens is 314 g/mol. The molecule has 2 amide bonds. The van der Waals surface area contributed by atoms with E-state index in [-0.39, 0.29) is 19.2 Å². The predicted molar refractivity (Wildman–Crippen MR) is 90.7 cm³/mol. The van der Waals surface area contributed by atoms with Gasteiger partial charge in [-0.1, -0.05) is 23.4 Å². The third-order valence-corrected chi connectivity index (χ3v) is 3.01. The van der Waals surface area contributed by atoms with Crippen LogP contribution in [-0.2, 0) is 0 Å². The Morgan fingerprint density at radius 1 is 1.22 bits per heavy atom. The van der Waals surface area contributed by atoms with E-state index in [1.54, 1.807) is 30.5 Å². The van der Waals surface area contributed by atoms with Gasteiger partial charge in [-0.15, -0.1) is 0 Å². The molecule has 0 aliphatic rings. The van der Waals surface area contributed by atoms with Crippen molar-refractivity contribution in [2.75, 3.05) is 18.5 Å². The minimum Gasteiger partial charge on any atom is -0.479 e. The van der Waals surface area contributed by atoms with Gasteiger partial charge in [0.2, 0.25) is 0 Å². The summed E-state index contributed by atoms with van der Waals surface area (Å²) in [6, 6.07) is 10.2. The fraction of sp³-hybridized carbons (Fsp3) is 0.176. The molecule has 2 N–H and O–H groups in total. The van der Waals surface area contributed by atoms with E-state index in [0.717, 1.165) is 5.69 Å². The molecule has 2 aromatic rings. The van der Waals surface area contributed by atoms with Crippen LogP contribution in [0.4, 0.5) is 10.5 Å². The largest absolute Gasteiger partial charge is 0.479 e. The first-order valence-corrected chi connectivity index (χ1v) is 7.33. The van der Waals surface area contributed by atoms with Crippen molar-refractivity contribution in [1.29, 1.82) is 0 Å². The van der Waals surface area contributed by atoms with Crippen molar-refractivity contribution in [3.63, 3.8) is 0 Å². The third kappa shape index (κ3) is 6.29. The van der Waals surface area contributed by atoms with Crippen LogP contribution < -0.4 is 15.4 Å². The summed E-state index contributed by atoms with van der Waals surface area (Å²) in [5.41, 5.74) is 1.59. The third-order valence-electron chi connectivity index (χ3n) is 2.76. The number of hydrogen-bond acceptors (Lipinski definition) is 3. The number of urea groups is 1. The summed E-state index contributed by atoms with van der Waals surface area (Å²) in [4.78, 5) is 15.7. The maximum Gasteiger partial charge on any atom is 0.319 e. The fourth-order valence-electron chi connectivity index (χ4n) is 1.61. The first-order valence-electron chi connectivity index (χ1n) is 6.95. The molecule has 0 radical (unpaired) electrons. The van der Waals surface area contributed by atoms with Gasteiger partial charge in [0.25, 0.3) is 0 Å². The van der Waals surface area contributed by atoms with Gasteiger partial charge in [0, 0.05) is 16.4 Å². The first kappa shape index (κ1) is 16.7. The van der Waals surface area contributed by atoms with Gasteiger partial charge in [-0.2, -0.15) is 0 Å². The Kier molecular flexibility index (Phi) is 6.28. The molecule has 23 heavy (non-hydrogen) atoms. The van der Waals surface area contributed by atoms with Crippen molar-refractivity contribution in [3.8, 4) is 17.6 Å². The molecule has 1 aromatic carbocycles. The Morgan fingerprint density at radius 2 is 2.00 bits per heavy atom. The number of rotatable bonds is 4. The number of benzene rings is 1. The standard InChI is InChI=1S/C17H16ClN3O2/c1-13-4-9-16(12-20-13)23-11-3-2-10-19-17(22)21-15-7-5-14(18)6-8-15/h4-9,12H,10-11H2,1H3,(H2,19,21,22). The van der Waals surface area contributed by atoms with E-state index >= 15 is 0 Å². The molecule has 118 valence electrons. The Labute approximate surface area is 140 Å². The van der Waals surface area contributed by atoms with Gasteiger partial charge in [0.15, 0.2) is 0 Å². The summed E-state index contributed by atoms with van der Waals surface area (Å²) in [6.45, 7) is 2.38. The van der Waals surface area contributed by atoms with Crippen LogP contribution in [0.1, 0.15) is 5.69 Å². The van der Waals surface area contributed by atoms with Gasteiger partial charge < -0.3 is 15.4 Å². The number of anilines is 1. The lowest BCUT2D eigenvalue weighted by atomic mass is 10.3. The second-order valence-electron chi connectivity index (χ2n) is 4.59. The molecule has 0 saturated carbocycles. The number of nitrogens with one attached hydrogen (secondary N) is 2. The smallest absolute Gasteiger partial charge is 0.319 e. The number of carbonyl (C=O) groups is 1. The van der Waals surface area contributed by atoms with Crippen LogP contribution in [0, 0.1) is 18.8 Å². The fourth-order valence-corrected chi connectivity index (χ4v) is 1.73. The van der Waals surface area contributed by atoms with Crippen LogP contribution in [-0.4, -0.2) is 24.2 Å². The monoisotopic (exact) mass is 329 g/mol. The van der Waals surface area contributed by atoms with Gasteiger partial charge in [0.05, 0.1) is 12.7 Å². The van der Waals surface area contributed by atoms with E-state index in [1.165, 1.54) is 0 Å². The van der Waals surface area contributed by atoms with Crippen LogP contribution >= 0.6 is 11.6 Å². The van der Waals surface area contributed by atoms with Crippen LogP contribution in [0.15, 0.2) is 42.6 Å². The van der Waals surface area contributed by atoms with Crippen LogP contribution in [0.25, 0.3) is 0 Å². The number of pyridine rings is 1. The van der Waals surface area contributed by atoms with Crippen LogP contribution in [0.2, 0.25) is 5.02 Å². The van der Waals surface area contributed by atoms with Gasteiger partial charge >= 0.3 is 6.03 Å². The van der Waals surface area contributed by atoms with Crippen LogP contribution in [0.3, 0.4) is 0 Å². The first-order chi connectivity index (χ1) is 11.1. The lowest BCUT2D eigenvalue weighted by molar-refractivity contribution is 0.253. The van der Waals surface area contributed by atoms with Crippen molar-refractivity contribution in [2.45, 2.75) is 6.92 Å². The lowest BCUT2D eigenvalue weighted by Gasteiger charge is -2.05. The molecule has 0 spiro atoms. The number of carbonyl (C=O) groups excluding carboxylic acids is 1. The Balaban J connectivity index is 1.65. The molecule has 5 nitrogen and oxygen atoms in total. The summed E-state index contributed by atoms with van der Waals surface area (Å²) in [7, 11) is 0. The Morgan fingerprint density at radius 3 is 2.70 bits per heavy atom. The van der Waals surface area contributed by atoms with Gasteiger partial charge in [-0.05, 0) is 43.3 Å². The van der Waals surface area contributed by atoms with Gasteiger partial charge in [-0.3, -0.25) is 4.98 Å². The maximum atomic E-state index is 11.6. The summed E-state index contributed by atoms with van der Waals surface area (Å²) in [5.74, 6) is 6.28. The van der Waals surface area contributed by atoms with Gasteiger partial charge in [-0.25, -0.2) is 4.79 Å². The minimum absolute atomic E-state index is 0.231. The molecular formula is C17H16ClN3O2. The highest BCUT2D eigenvalue weighted by molar-refractivity contribution is 6.30. The molecule has 0 aliphatic carbocycles. The van der Waals surface area contributed by atoms with Crippen molar-refractivity contribution in [2.24, 2.45) is 0 Å². The summed E-state index contributed by atoms with van der Waals surface area (Å²) < 4.78 is 5.40. The van der Waals surface area contributed by atoms with E-state index < -0.39 is 0 Å². The topological polar surface area (TPSA) is 63.2 Å². The highest BCUT2D eigenvalue weighted by Gasteiger charge is 1.99. The number of amides is 2. The molecule has 0 atom stereocenters. The summed E-state index contributed by atoms with van der Waals surface area (Å²) in [6.07, 6.45) is 1.65. The SMILES string of the molecule is Cc1ccc(OCC#CCNC(=O)Nc2ccc(Cl)cc2)cn1. The molecule has 0 bridgehead atoms. The number of aromatic nitrogens is 1. The molecule has 0 aliphatic heterocycles. The van der Waals surface area contributed by atoms with Gasteiger partial charge in [0.1, 0.15) is 12.4 Å². The zero-order chi connectivity index (χ0) is 16.5. The summed E-state index contributed by atoms with van der Waals surface area (Å²) >= 11 is 5.77. The maximum absolute atomic E-state index is 11.6. The molecule has 1 aromatic heterocycles. The second-order valence-corrected chi connectivity index (χ2v) is 5.03. The number of nitrogens with zero attached hydrogens (tertiary/aromatic N) is 1. The average Bonchev–Trinajstić information content (AvgIpc) is 2.54.